The van der Waals surface area contributed by atoms with Gasteiger partial charge in [0.05, 0.1) is 17.7 Å². The number of carbonyl (C=O) groups excluding carboxylic acids is 1. The van der Waals surface area contributed by atoms with Gasteiger partial charge in [0, 0.05) is 22.4 Å². The van der Waals surface area contributed by atoms with Gasteiger partial charge in [-0.3, -0.25) is 9.59 Å². The van der Waals surface area contributed by atoms with Crippen molar-refractivity contribution in [2.45, 2.75) is 64.0 Å². The van der Waals surface area contributed by atoms with Crippen LogP contribution in [-0.4, -0.2) is 39.4 Å². The number of nitrogens with one attached hydrogen (secondary N) is 1. The minimum absolute atomic E-state index is 0.00835. The molecule has 22 heavy (non-hydrogen) atoms. The van der Waals surface area contributed by atoms with Crippen molar-refractivity contribution in [3.05, 3.63) is 12.3 Å². The molecule has 128 valence electrons. The van der Waals surface area contributed by atoms with Gasteiger partial charge in [-0.15, -0.1) is 11.8 Å². The summed E-state index contributed by atoms with van der Waals surface area (Å²) >= 11 is 1.51. The molecular formula is C16H30N2O3S. The molecule has 2 atom stereocenters. The summed E-state index contributed by atoms with van der Waals surface area (Å²) < 4.78 is -0.114. The average molecular weight is 330 g/mol. The van der Waals surface area contributed by atoms with E-state index in [1.165, 1.54) is 11.8 Å². The van der Waals surface area contributed by atoms with Crippen LogP contribution in [0.4, 0.5) is 0 Å². The lowest BCUT2D eigenvalue weighted by molar-refractivity contribution is -0.136. The summed E-state index contributed by atoms with van der Waals surface area (Å²) in [5, 5.41) is 11.8. The second kappa shape index (κ2) is 8.02. The van der Waals surface area contributed by atoms with Gasteiger partial charge in [0.2, 0.25) is 0 Å². The molecule has 0 amide bonds. The first-order valence-corrected chi connectivity index (χ1v) is 8.25. The number of carboxylic acids is 1. The molecule has 0 rings (SSSR count). The summed E-state index contributed by atoms with van der Waals surface area (Å²) in [5.41, 5.74) is 5.72. The molecule has 0 aromatic carbocycles. The van der Waals surface area contributed by atoms with E-state index in [-0.39, 0.29) is 28.7 Å². The van der Waals surface area contributed by atoms with Crippen LogP contribution in [0.15, 0.2) is 12.3 Å². The smallest absolute Gasteiger partial charge is 0.304 e. The first-order chi connectivity index (χ1) is 9.77. The van der Waals surface area contributed by atoms with Gasteiger partial charge in [-0.2, -0.15) is 0 Å². The van der Waals surface area contributed by atoms with Crippen molar-refractivity contribution in [1.82, 2.24) is 5.32 Å². The molecule has 2 unspecified atom stereocenters. The van der Waals surface area contributed by atoms with E-state index in [4.69, 9.17) is 10.8 Å². The molecule has 0 aliphatic heterocycles. The molecule has 0 aliphatic rings. The second-order valence-corrected chi connectivity index (χ2v) is 9.42. The van der Waals surface area contributed by atoms with Crippen molar-refractivity contribution >= 4 is 23.5 Å². The first kappa shape index (κ1) is 21.0. The fourth-order valence-corrected chi connectivity index (χ4v) is 3.18. The lowest BCUT2D eigenvalue weighted by atomic mass is 9.86. The van der Waals surface area contributed by atoms with Gasteiger partial charge < -0.3 is 16.2 Å². The van der Waals surface area contributed by atoms with E-state index in [1.807, 2.05) is 41.5 Å². The Bertz CT molecular complexity index is 422. The van der Waals surface area contributed by atoms with Crippen molar-refractivity contribution in [1.29, 1.82) is 0 Å². The number of nitrogens with two attached hydrogens (primary N) is 1. The standard InChI is InChI=1S/C16H30N2O3S/c1-10(12(8-13(19)20)22-16(5,6)7)18-11(9-17)14(21)15(2,3)4/h11-12,18H,1,8-9,17H2,2-7H3,(H,19,20). The number of hydrogen-bond donors (Lipinski definition) is 3. The highest BCUT2D eigenvalue weighted by Gasteiger charge is 2.31. The van der Waals surface area contributed by atoms with Gasteiger partial charge in [0.1, 0.15) is 0 Å². The third-order valence-electron chi connectivity index (χ3n) is 2.90. The molecular weight excluding hydrogens is 300 g/mol. The molecule has 0 spiro atoms. The summed E-state index contributed by atoms with van der Waals surface area (Å²) in [6.07, 6.45) is -0.0469. The van der Waals surface area contributed by atoms with Crippen molar-refractivity contribution in [3.63, 3.8) is 0 Å². The number of carbonyl (C=O) groups is 2. The molecule has 0 saturated carbocycles. The van der Waals surface area contributed by atoms with Gasteiger partial charge in [0.25, 0.3) is 0 Å². The van der Waals surface area contributed by atoms with Gasteiger partial charge in [-0.05, 0) is 0 Å². The van der Waals surface area contributed by atoms with Crippen LogP contribution in [0.2, 0.25) is 0 Å². The fraction of sp³-hybridized carbons (Fsp3) is 0.750. The maximum atomic E-state index is 12.4. The third-order valence-corrected chi connectivity index (χ3v) is 4.34. The largest absolute Gasteiger partial charge is 0.481 e. The molecule has 0 saturated heterocycles. The number of hydrogen-bond acceptors (Lipinski definition) is 5. The monoisotopic (exact) mass is 330 g/mol. The van der Waals surface area contributed by atoms with E-state index in [0.717, 1.165) is 0 Å². The minimum Gasteiger partial charge on any atom is -0.481 e. The lowest BCUT2D eigenvalue weighted by Gasteiger charge is -2.31. The summed E-state index contributed by atoms with van der Waals surface area (Å²) in [6.45, 7) is 15.6. The number of thioether (sulfide) groups is 1. The Balaban J connectivity index is 5.06. The van der Waals surface area contributed by atoms with E-state index >= 15 is 0 Å². The number of ketones is 1. The molecule has 0 aliphatic carbocycles. The predicted molar refractivity (Wildman–Crippen MR) is 93.0 cm³/mol. The SMILES string of the molecule is C=C(NC(CN)C(=O)C(C)(C)C)C(CC(=O)O)SC(C)(C)C. The first-order valence-electron chi connectivity index (χ1n) is 7.37. The lowest BCUT2D eigenvalue weighted by Crippen LogP contribution is -2.48. The van der Waals surface area contributed by atoms with E-state index < -0.39 is 17.4 Å². The highest BCUT2D eigenvalue weighted by atomic mass is 32.2. The van der Waals surface area contributed by atoms with Crippen molar-refractivity contribution < 1.29 is 14.7 Å². The minimum atomic E-state index is -0.892. The Morgan fingerprint density at radius 3 is 2.05 bits per heavy atom. The van der Waals surface area contributed by atoms with Gasteiger partial charge >= 0.3 is 5.97 Å². The van der Waals surface area contributed by atoms with E-state index in [2.05, 4.69) is 11.9 Å². The highest BCUT2D eigenvalue weighted by molar-refractivity contribution is 8.01. The van der Waals surface area contributed by atoms with Crippen LogP contribution in [0.5, 0.6) is 0 Å². The van der Waals surface area contributed by atoms with Crippen molar-refractivity contribution in [3.8, 4) is 0 Å². The van der Waals surface area contributed by atoms with Gasteiger partial charge in [-0.25, -0.2) is 0 Å². The molecule has 6 heteroatoms. The molecule has 4 N–H and O–H groups in total. The van der Waals surface area contributed by atoms with Crippen LogP contribution in [0.25, 0.3) is 0 Å². The summed E-state index contributed by atoms with van der Waals surface area (Å²) in [7, 11) is 0. The Morgan fingerprint density at radius 2 is 1.73 bits per heavy atom. The van der Waals surface area contributed by atoms with Crippen LogP contribution in [-0.2, 0) is 9.59 Å². The number of rotatable bonds is 8. The normalized spacial score (nSPS) is 15.0. The fourth-order valence-electron chi connectivity index (χ4n) is 1.89. The Hall–Kier alpha value is -1.01. The maximum absolute atomic E-state index is 12.4. The molecule has 0 fully saturated rings. The van der Waals surface area contributed by atoms with Crippen LogP contribution in [0.1, 0.15) is 48.0 Å². The quantitative estimate of drug-likeness (QED) is 0.633. The zero-order valence-corrected chi connectivity index (χ0v) is 15.3. The zero-order valence-electron chi connectivity index (χ0n) is 14.5. The molecule has 0 heterocycles. The maximum Gasteiger partial charge on any atom is 0.304 e. The summed E-state index contributed by atoms with van der Waals surface area (Å²) in [5.74, 6) is -0.901. The van der Waals surface area contributed by atoms with Crippen LogP contribution >= 0.6 is 11.8 Å². The second-order valence-electron chi connectivity index (χ2n) is 7.39. The molecule has 0 bridgehead atoms. The average Bonchev–Trinajstić information content (AvgIpc) is 2.30. The summed E-state index contributed by atoms with van der Waals surface area (Å²) in [6, 6.07) is -0.552. The molecule has 5 nitrogen and oxygen atoms in total. The molecule has 0 radical (unpaired) electrons. The van der Waals surface area contributed by atoms with Crippen LogP contribution < -0.4 is 11.1 Å². The summed E-state index contributed by atoms with van der Waals surface area (Å²) in [4.78, 5) is 23.4. The zero-order chi connectivity index (χ0) is 17.7. The number of aliphatic carboxylic acids is 1. The Morgan fingerprint density at radius 1 is 1.23 bits per heavy atom. The van der Waals surface area contributed by atoms with E-state index in [9.17, 15) is 9.59 Å². The highest BCUT2D eigenvalue weighted by Crippen LogP contribution is 2.33. The van der Waals surface area contributed by atoms with Gasteiger partial charge in [-0.1, -0.05) is 48.1 Å². The van der Waals surface area contributed by atoms with Crippen molar-refractivity contribution in [2.75, 3.05) is 6.54 Å². The van der Waals surface area contributed by atoms with Crippen LogP contribution in [0.3, 0.4) is 0 Å². The van der Waals surface area contributed by atoms with E-state index in [0.29, 0.717) is 5.70 Å². The van der Waals surface area contributed by atoms with Gasteiger partial charge in [0.15, 0.2) is 5.78 Å². The van der Waals surface area contributed by atoms with E-state index in [1.54, 1.807) is 0 Å². The van der Waals surface area contributed by atoms with Crippen LogP contribution in [0, 0.1) is 5.41 Å². The number of Topliss-reactive ketones (excluding diaryl/α,β-unsaturated/α-hetero) is 1. The topological polar surface area (TPSA) is 92.4 Å². The molecule has 0 aromatic rings. The predicted octanol–water partition coefficient (Wildman–Crippen LogP) is 2.41. The Labute approximate surface area is 138 Å². The molecule has 0 aromatic heterocycles. The Kier molecular flexibility index (Phi) is 7.65. The van der Waals surface area contributed by atoms with Crippen molar-refractivity contribution in [2.24, 2.45) is 11.1 Å². The number of carboxylic acid groups (broad SMARTS) is 1. The third kappa shape index (κ3) is 7.84.